The molecule has 6 heteroatoms. The molecule has 0 unspecified atom stereocenters. The summed E-state index contributed by atoms with van der Waals surface area (Å²) in [5, 5.41) is 1.02. The number of nitrogens with zero attached hydrogens (tertiary/aromatic N) is 4. The summed E-state index contributed by atoms with van der Waals surface area (Å²) in [6.45, 7) is 4.72. The van der Waals surface area contributed by atoms with Gasteiger partial charge in [-0.3, -0.25) is 4.79 Å². The van der Waals surface area contributed by atoms with Gasteiger partial charge in [0.2, 0.25) is 5.91 Å². The summed E-state index contributed by atoms with van der Waals surface area (Å²) in [4.78, 5) is 26.9. The van der Waals surface area contributed by atoms with Gasteiger partial charge in [0.05, 0.1) is 18.7 Å². The molecule has 1 aromatic carbocycles. The van der Waals surface area contributed by atoms with Crippen molar-refractivity contribution < 1.29 is 9.21 Å². The number of carbonyl (C=O) groups excluding carboxylic acids is 1. The van der Waals surface area contributed by atoms with Gasteiger partial charge in [0.15, 0.2) is 5.82 Å². The molecule has 0 bridgehead atoms. The Morgan fingerprint density at radius 3 is 3.10 bits per heavy atom. The maximum absolute atomic E-state index is 13.2. The van der Waals surface area contributed by atoms with Crippen molar-refractivity contribution in [3.8, 4) is 0 Å². The Kier molecular flexibility index (Phi) is 4.59. The van der Waals surface area contributed by atoms with Crippen molar-refractivity contribution >= 4 is 16.9 Å². The highest BCUT2D eigenvalue weighted by molar-refractivity contribution is 5.88. The third-order valence-electron chi connectivity index (χ3n) is 6.17. The predicted octanol–water partition coefficient (Wildman–Crippen LogP) is 3.43. The van der Waals surface area contributed by atoms with Crippen molar-refractivity contribution in [2.24, 2.45) is 0 Å². The van der Waals surface area contributed by atoms with Crippen LogP contribution in [0.5, 0.6) is 0 Å². The SMILES string of the molecule is Cc1ccc2c(CC(=O)N3CCC[C@H]3c3ncc4c(n3)CCN(C)C4)coc2c1. The van der Waals surface area contributed by atoms with Crippen LogP contribution < -0.4 is 0 Å². The molecule has 0 spiro atoms. The van der Waals surface area contributed by atoms with E-state index in [4.69, 9.17) is 9.40 Å². The minimum atomic E-state index is -0.0205. The maximum Gasteiger partial charge on any atom is 0.227 e. The molecule has 2 aliphatic heterocycles. The number of furan rings is 1. The Labute approximate surface area is 170 Å². The average molecular weight is 390 g/mol. The van der Waals surface area contributed by atoms with E-state index in [1.54, 1.807) is 6.26 Å². The average Bonchev–Trinajstić information content (AvgIpc) is 3.35. The number of rotatable bonds is 3. The molecule has 1 amide bonds. The highest BCUT2D eigenvalue weighted by atomic mass is 16.3. The first-order valence-corrected chi connectivity index (χ1v) is 10.4. The number of amides is 1. The summed E-state index contributed by atoms with van der Waals surface area (Å²) in [7, 11) is 2.12. The van der Waals surface area contributed by atoms with E-state index >= 15 is 0 Å². The van der Waals surface area contributed by atoms with Gasteiger partial charge in [-0.2, -0.15) is 0 Å². The van der Waals surface area contributed by atoms with Crippen LogP contribution in [0.2, 0.25) is 0 Å². The second-order valence-electron chi connectivity index (χ2n) is 8.37. The van der Waals surface area contributed by atoms with Crippen LogP contribution in [0.1, 0.15) is 47.1 Å². The van der Waals surface area contributed by atoms with Crippen molar-refractivity contribution in [1.82, 2.24) is 19.8 Å². The molecule has 1 atom stereocenters. The van der Waals surface area contributed by atoms with Gasteiger partial charge in [-0.05, 0) is 38.4 Å². The van der Waals surface area contributed by atoms with Crippen LogP contribution in [-0.2, 0) is 24.2 Å². The fourth-order valence-electron chi connectivity index (χ4n) is 4.56. The number of hydrogen-bond donors (Lipinski definition) is 0. The number of benzene rings is 1. The molecule has 5 rings (SSSR count). The van der Waals surface area contributed by atoms with Gasteiger partial charge in [0, 0.05) is 54.5 Å². The number of likely N-dealkylation sites (N-methyl/N-ethyl adjacent to an activating group) is 1. The van der Waals surface area contributed by atoms with Crippen molar-refractivity contribution in [3.05, 3.63) is 58.9 Å². The molecule has 0 N–H and O–H groups in total. The van der Waals surface area contributed by atoms with Crippen LogP contribution in [0, 0.1) is 6.92 Å². The van der Waals surface area contributed by atoms with Gasteiger partial charge in [-0.15, -0.1) is 0 Å². The van der Waals surface area contributed by atoms with Gasteiger partial charge < -0.3 is 14.2 Å². The van der Waals surface area contributed by atoms with Crippen molar-refractivity contribution in [2.45, 2.75) is 45.2 Å². The van der Waals surface area contributed by atoms with Crippen LogP contribution in [0.3, 0.4) is 0 Å². The Morgan fingerprint density at radius 2 is 2.21 bits per heavy atom. The lowest BCUT2D eigenvalue weighted by Gasteiger charge is -2.27. The fraction of sp³-hybridized carbons (Fsp3) is 0.435. The Hall–Kier alpha value is -2.73. The minimum absolute atomic E-state index is 0.0205. The quantitative estimate of drug-likeness (QED) is 0.686. The minimum Gasteiger partial charge on any atom is -0.464 e. The maximum atomic E-state index is 13.2. The molecule has 2 aromatic heterocycles. The molecule has 1 fully saturated rings. The number of aromatic nitrogens is 2. The van der Waals surface area contributed by atoms with E-state index in [-0.39, 0.29) is 11.9 Å². The van der Waals surface area contributed by atoms with E-state index in [0.29, 0.717) is 6.42 Å². The highest BCUT2D eigenvalue weighted by Crippen LogP contribution is 2.32. The molecule has 0 radical (unpaired) electrons. The second kappa shape index (κ2) is 7.26. The topological polar surface area (TPSA) is 62.5 Å². The van der Waals surface area contributed by atoms with Crippen molar-refractivity contribution in [2.75, 3.05) is 20.1 Å². The number of fused-ring (bicyclic) bond motifs is 2. The molecule has 29 heavy (non-hydrogen) atoms. The van der Waals surface area contributed by atoms with Gasteiger partial charge in [0.1, 0.15) is 5.58 Å². The molecule has 2 aliphatic rings. The zero-order valence-corrected chi connectivity index (χ0v) is 17.0. The summed E-state index contributed by atoms with van der Waals surface area (Å²) in [6, 6.07) is 6.10. The fourth-order valence-corrected chi connectivity index (χ4v) is 4.56. The predicted molar refractivity (Wildman–Crippen MR) is 110 cm³/mol. The summed E-state index contributed by atoms with van der Waals surface area (Å²) < 4.78 is 5.68. The largest absolute Gasteiger partial charge is 0.464 e. The van der Waals surface area contributed by atoms with E-state index in [1.807, 2.05) is 30.2 Å². The Balaban J connectivity index is 1.37. The van der Waals surface area contributed by atoms with E-state index < -0.39 is 0 Å². The van der Waals surface area contributed by atoms with E-state index in [9.17, 15) is 4.79 Å². The van der Waals surface area contributed by atoms with Gasteiger partial charge >= 0.3 is 0 Å². The smallest absolute Gasteiger partial charge is 0.227 e. The summed E-state index contributed by atoms with van der Waals surface area (Å²) in [5.41, 5.74) is 5.29. The molecule has 0 saturated carbocycles. The molecule has 1 saturated heterocycles. The van der Waals surface area contributed by atoms with Crippen molar-refractivity contribution in [1.29, 1.82) is 0 Å². The summed E-state index contributed by atoms with van der Waals surface area (Å²) in [5.74, 6) is 0.920. The standard InChI is InChI=1S/C23H26N4O2/c1-15-5-6-18-16(14-29-21(18)10-15)11-22(28)27-8-3-4-20(27)23-24-12-17-13-26(2)9-7-19(17)25-23/h5-6,10,12,14,20H,3-4,7-9,11,13H2,1-2H3/t20-/m0/s1. The molecular formula is C23H26N4O2. The number of carbonyl (C=O) groups is 1. The first-order chi connectivity index (χ1) is 14.1. The van der Waals surface area contributed by atoms with Gasteiger partial charge in [-0.25, -0.2) is 9.97 Å². The van der Waals surface area contributed by atoms with Crippen molar-refractivity contribution in [3.63, 3.8) is 0 Å². The summed E-state index contributed by atoms with van der Waals surface area (Å²) >= 11 is 0. The third kappa shape index (κ3) is 3.42. The zero-order valence-electron chi connectivity index (χ0n) is 17.0. The molecule has 6 nitrogen and oxygen atoms in total. The van der Waals surface area contributed by atoms with Crippen LogP contribution in [0.4, 0.5) is 0 Å². The second-order valence-corrected chi connectivity index (χ2v) is 8.37. The first-order valence-electron chi connectivity index (χ1n) is 10.4. The summed E-state index contributed by atoms with van der Waals surface area (Å²) in [6.07, 6.45) is 6.89. The monoisotopic (exact) mass is 390 g/mol. The van der Waals surface area contributed by atoms with E-state index in [2.05, 4.69) is 23.0 Å². The normalized spacial score (nSPS) is 19.7. The highest BCUT2D eigenvalue weighted by Gasteiger charge is 2.33. The zero-order chi connectivity index (χ0) is 20.0. The molecule has 3 aromatic rings. The number of aryl methyl sites for hydroxylation is 1. The lowest BCUT2D eigenvalue weighted by atomic mass is 10.1. The molecular weight excluding hydrogens is 364 g/mol. The van der Waals surface area contributed by atoms with Crippen LogP contribution >= 0.6 is 0 Å². The van der Waals surface area contributed by atoms with Gasteiger partial charge in [0.25, 0.3) is 0 Å². The van der Waals surface area contributed by atoms with Gasteiger partial charge in [-0.1, -0.05) is 12.1 Å². The number of likely N-dealkylation sites (tertiary alicyclic amines) is 1. The third-order valence-corrected chi connectivity index (χ3v) is 6.17. The lowest BCUT2D eigenvalue weighted by Crippen LogP contribution is -2.33. The lowest BCUT2D eigenvalue weighted by molar-refractivity contribution is -0.131. The van der Waals surface area contributed by atoms with E-state index in [0.717, 1.165) is 72.5 Å². The Bertz CT molecular complexity index is 1070. The van der Waals surface area contributed by atoms with Crippen LogP contribution in [-0.4, -0.2) is 45.8 Å². The van der Waals surface area contributed by atoms with Crippen LogP contribution in [0.25, 0.3) is 11.0 Å². The molecule has 4 heterocycles. The Morgan fingerprint density at radius 1 is 1.31 bits per heavy atom. The van der Waals surface area contributed by atoms with E-state index in [1.165, 1.54) is 5.56 Å². The van der Waals surface area contributed by atoms with Crippen LogP contribution in [0.15, 0.2) is 35.1 Å². The molecule has 0 aliphatic carbocycles. The first kappa shape index (κ1) is 18.3. The molecule has 150 valence electrons. The number of hydrogen-bond acceptors (Lipinski definition) is 5.